The van der Waals surface area contributed by atoms with E-state index < -0.39 is 0 Å². The monoisotopic (exact) mass is 145 g/mol. The molecule has 4 nitrogen and oxygen atoms in total. The van der Waals surface area contributed by atoms with Crippen LogP contribution in [0.3, 0.4) is 0 Å². The number of hydrazine groups is 1. The van der Waals surface area contributed by atoms with Crippen molar-refractivity contribution in [3.05, 3.63) is 0 Å². The van der Waals surface area contributed by atoms with Gasteiger partial charge in [-0.1, -0.05) is 0 Å². The summed E-state index contributed by atoms with van der Waals surface area (Å²) < 4.78 is 5.05. The Morgan fingerprint density at radius 1 is 1.50 bits per heavy atom. The Hall–Kier alpha value is -0.160. The summed E-state index contributed by atoms with van der Waals surface area (Å²) in [5.41, 5.74) is 0. The summed E-state index contributed by atoms with van der Waals surface area (Å²) in [6.45, 7) is 4.15. The molecule has 0 saturated carbocycles. The van der Waals surface area contributed by atoms with Gasteiger partial charge >= 0.3 is 0 Å². The molecule has 4 heteroatoms. The summed E-state index contributed by atoms with van der Waals surface area (Å²) in [6, 6.07) is 0.736. The van der Waals surface area contributed by atoms with Crippen LogP contribution in [0.4, 0.5) is 0 Å². The summed E-state index contributed by atoms with van der Waals surface area (Å²) in [6.07, 6.45) is -0.120. The zero-order valence-electron chi connectivity index (χ0n) is 6.66. The number of hydrogen-bond acceptors (Lipinski definition) is 4. The van der Waals surface area contributed by atoms with Crippen LogP contribution in [-0.4, -0.2) is 30.6 Å². The highest BCUT2D eigenvalue weighted by molar-refractivity contribution is 4.83. The van der Waals surface area contributed by atoms with E-state index in [0.717, 1.165) is 0 Å². The maximum atomic E-state index is 5.67. The molecule has 0 bridgehead atoms. The van der Waals surface area contributed by atoms with E-state index in [1.165, 1.54) is 0 Å². The van der Waals surface area contributed by atoms with Crippen LogP contribution in [0.2, 0.25) is 0 Å². The van der Waals surface area contributed by atoms with Gasteiger partial charge in [0, 0.05) is 19.2 Å². The van der Waals surface area contributed by atoms with Gasteiger partial charge in [-0.05, 0) is 13.8 Å². The van der Waals surface area contributed by atoms with Gasteiger partial charge in [0.15, 0.2) is 6.35 Å². The van der Waals surface area contributed by atoms with Gasteiger partial charge in [0.05, 0.1) is 0 Å². The fourth-order valence-electron chi connectivity index (χ4n) is 1.11. The highest BCUT2D eigenvalue weighted by Gasteiger charge is 2.32. The molecule has 0 aromatic carbocycles. The highest BCUT2D eigenvalue weighted by Crippen LogP contribution is 2.11. The van der Waals surface area contributed by atoms with Crippen molar-refractivity contribution in [1.29, 1.82) is 0 Å². The maximum absolute atomic E-state index is 5.67. The second kappa shape index (κ2) is 2.84. The number of nitrogens with zero attached hydrogens (tertiary/aromatic N) is 1. The van der Waals surface area contributed by atoms with Crippen LogP contribution in [0.25, 0.3) is 0 Å². The molecule has 1 fully saturated rings. The van der Waals surface area contributed by atoms with Crippen molar-refractivity contribution in [1.82, 2.24) is 10.3 Å². The van der Waals surface area contributed by atoms with Crippen molar-refractivity contribution in [2.24, 2.45) is 5.84 Å². The van der Waals surface area contributed by atoms with Crippen molar-refractivity contribution in [2.45, 2.75) is 32.3 Å². The van der Waals surface area contributed by atoms with Crippen molar-refractivity contribution in [3.63, 3.8) is 0 Å². The molecule has 1 rings (SSSR count). The van der Waals surface area contributed by atoms with Crippen molar-refractivity contribution in [3.8, 4) is 0 Å². The number of nitrogens with two attached hydrogens (primary N) is 1. The Kier molecular flexibility index (Phi) is 2.25. The minimum Gasteiger partial charge on any atom is -0.352 e. The summed E-state index contributed by atoms with van der Waals surface area (Å²) >= 11 is 0. The van der Waals surface area contributed by atoms with E-state index in [0.29, 0.717) is 12.1 Å². The Labute approximate surface area is 61.3 Å². The molecule has 0 amide bonds. The third-order valence-electron chi connectivity index (χ3n) is 2.09. The first-order valence-electron chi connectivity index (χ1n) is 3.48. The number of ether oxygens (including phenoxy) is 1. The third-order valence-corrected chi connectivity index (χ3v) is 2.09. The molecule has 0 spiro atoms. The quantitative estimate of drug-likeness (QED) is 0.487. The molecule has 60 valence electrons. The molecule has 0 radical (unpaired) electrons. The molecule has 3 unspecified atom stereocenters. The first-order chi connectivity index (χ1) is 4.66. The van der Waals surface area contributed by atoms with Crippen LogP contribution in [0.5, 0.6) is 0 Å². The minimum atomic E-state index is -0.120. The topological polar surface area (TPSA) is 50.5 Å². The summed E-state index contributed by atoms with van der Waals surface area (Å²) in [5.74, 6) is 5.67. The smallest absolute Gasteiger partial charge is 0.178 e. The molecule has 1 saturated heterocycles. The second-order valence-corrected chi connectivity index (χ2v) is 2.73. The zero-order chi connectivity index (χ0) is 7.72. The van der Waals surface area contributed by atoms with Crippen molar-refractivity contribution in [2.75, 3.05) is 7.11 Å². The van der Waals surface area contributed by atoms with Crippen LogP contribution in [0.15, 0.2) is 0 Å². The third kappa shape index (κ3) is 1.15. The number of rotatable bonds is 1. The molecule has 0 aromatic rings. The average Bonchev–Trinajstić information content (AvgIpc) is 2.17. The van der Waals surface area contributed by atoms with E-state index in [1.807, 2.05) is 0 Å². The van der Waals surface area contributed by atoms with Gasteiger partial charge in [-0.15, -0.1) is 0 Å². The maximum Gasteiger partial charge on any atom is 0.178 e. The lowest BCUT2D eigenvalue weighted by molar-refractivity contribution is -0.0306. The van der Waals surface area contributed by atoms with E-state index in [4.69, 9.17) is 10.6 Å². The Bertz CT molecular complexity index is 120. The van der Waals surface area contributed by atoms with E-state index in [2.05, 4.69) is 19.2 Å². The molecule has 3 atom stereocenters. The Balaban J connectivity index is 2.53. The van der Waals surface area contributed by atoms with Crippen LogP contribution in [0, 0.1) is 0 Å². The highest BCUT2D eigenvalue weighted by atomic mass is 16.5. The number of hydrogen-bond donors (Lipinski definition) is 2. The lowest BCUT2D eigenvalue weighted by Gasteiger charge is -2.19. The first-order valence-corrected chi connectivity index (χ1v) is 3.48. The molecule has 1 aliphatic rings. The first kappa shape index (κ1) is 7.94. The fourth-order valence-corrected chi connectivity index (χ4v) is 1.11. The lowest BCUT2D eigenvalue weighted by atomic mass is 10.2. The largest absolute Gasteiger partial charge is 0.352 e. The van der Waals surface area contributed by atoms with Crippen LogP contribution in [0.1, 0.15) is 13.8 Å². The summed E-state index contributed by atoms with van der Waals surface area (Å²) in [4.78, 5) is 0. The number of methoxy groups -OCH3 is 1. The van der Waals surface area contributed by atoms with Gasteiger partial charge in [0.1, 0.15) is 0 Å². The standard InChI is InChI=1S/C6H15N3O/c1-4-5(2)9(7)6(8-4)10-3/h4-6,8H,7H2,1-3H3. The van der Waals surface area contributed by atoms with Gasteiger partial charge in [-0.25, -0.2) is 5.01 Å². The normalized spacial score (nSPS) is 42.6. The minimum absolute atomic E-state index is 0.120. The van der Waals surface area contributed by atoms with Gasteiger partial charge in [-0.2, -0.15) is 0 Å². The van der Waals surface area contributed by atoms with Gasteiger partial charge in [-0.3, -0.25) is 11.2 Å². The van der Waals surface area contributed by atoms with E-state index in [1.54, 1.807) is 12.1 Å². The lowest BCUT2D eigenvalue weighted by Crippen LogP contribution is -2.44. The fraction of sp³-hybridized carbons (Fsp3) is 1.00. The Morgan fingerprint density at radius 3 is 2.30 bits per heavy atom. The van der Waals surface area contributed by atoms with E-state index in [9.17, 15) is 0 Å². The molecule has 0 aromatic heterocycles. The zero-order valence-corrected chi connectivity index (χ0v) is 6.66. The second-order valence-electron chi connectivity index (χ2n) is 2.73. The van der Waals surface area contributed by atoms with Crippen molar-refractivity contribution < 1.29 is 4.74 Å². The molecular formula is C6H15N3O. The molecule has 1 aliphatic heterocycles. The van der Waals surface area contributed by atoms with Gasteiger partial charge in [0.2, 0.25) is 0 Å². The molecule has 3 N–H and O–H groups in total. The number of nitrogens with one attached hydrogen (secondary N) is 1. The van der Waals surface area contributed by atoms with Crippen molar-refractivity contribution >= 4 is 0 Å². The SMILES string of the molecule is COC1NC(C)C(C)N1N. The predicted octanol–water partition coefficient (Wildman–Crippen LogP) is -0.528. The van der Waals surface area contributed by atoms with Crippen LogP contribution < -0.4 is 11.2 Å². The van der Waals surface area contributed by atoms with E-state index in [-0.39, 0.29) is 6.35 Å². The van der Waals surface area contributed by atoms with Gasteiger partial charge in [0.25, 0.3) is 0 Å². The predicted molar refractivity (Wildman–Crippen MR) is 38.9 cm³/mol. The van der Waals surface area contributed by atoms with Gasteiger partial charge < -0.3 is 4.74 Å². The molecular weight excluding hydrogens is 130 g/mol. The van der Waals surface area contributed by atoms with E-state index >= 15 is 0 Å². The molecule has 0 aliphatic carbocycles. The molecule has 1 heterocycles. The molecule has 10 heavy (non-hydrogen) atoms. The Morgan fingerprint density at radius 2 is 2.10 bits per heavy atom. The summed E-state index contributed by atoms with van der Waals surface area (Å²) in [5, 5.41) is 4.87. The summed E-state index contributed by atoms with van der Waals surface area (Å²) in [7, 11) is 1.64. The van der Waals surface area contributed by atoms with Crippen LogP contribution >= 0.6 is 0 Å². The van der Waals surface area contributed by atoms with Crippen LogP contribution in [-0.2, 0) is 4.74 Å². The average molecular weight is 145 g/mol.